The van der Waals surface area contributed by atoms with Gasteiger partial charge in [-0.1, -0.05) is 23.8 Å². The fraction of sp³-hybridized carbons (Fsp3) is 0.316. The fourth-order valence-electron chi connectivity index (χ4n) is 2.79. The summed E-state index contributed by atoms with van der Waals surface area (Å²) >= 11 is 0. The van der Waals surface area contributed by atoms with E-state index in [-0.39, 0.29) is 32.3 Å². The molecule has 0 radical (unpaired) electrons. The Hall–Kier alpha value is -2.58. The lowest BCUT2D eigenvalue weighted by Gasteiger charge is -2.20. The number of sulfonamides is 1. The molecule has 2 aromatic rings. The van der Waals surface area contributed by atoms with Crippen LogP contribution in [0.5, 0.6) is 11.5 Å². The van der Waals surface area contributed by atoms with E-state index in [0.717, 1.165) is 17.4 Å². The molecule has 0 spiro atoms. The Bertz CT molecular complexity index is 943. The molecule has 0 aliphatic carbocycles. The molecule has 0 saturated carbocycles. The van der Waals surface area contributed by atoms with Crippen LogP contribution in [-0.4, -0.2) is 44.8 Å². The van der Waals surface area contributed by atoms with Crippen molar-refractivity contribution >= 4 is 15.9 Å². The lowest BCUT2D eigenvalue weighted by molar-refractivity contribution is 0.0951. The van der Waals surface area contributed by atoms with Crippen LogP contribution in [0.3, 0.4) is 0 Å². The molecular formula is C19H22N2O5S. The lowest BCUT2D eigenvalue weighted by atomic mass is 10.1. The van der Waals surface area contributed by atoms with Gasteiger partial charge in [-0.25, -0.2) is 8.42 Å². The summed E-state index contributed by atoms with van der Waals surface area (Å²) in [6.07, 6.45) is 1.16. The third-order valence-corrected chi connectivity index (χ3v) is 5.44. The largest absolute Gasteiger partial charge is 0.454 e. The molecule has 0 aromatic heterocycles. The fourth-order valence-corrected chi connectivity index (χ4v) is 3.59. The normalized spacial score (nSPS) is 13.0. The van der Waals surface area contributed by atoms with Crippen molar-refractivity contribution in [3.63, 3.8) is 0 Å². The number of benzene rings is 2. The van der Waals surface area contributed by atoms with E-state index in [2.05, 4.69) is 5.32 Å². The van der Waals surface area contributed by atoms with Crippen molar-refractivity contribution in [2.24, 2.45) is 0 Å². The van der Waals surface area contributed by atoms with Gasteiger partial charge in [0.25, 0.3) is 5.91 Å². The van der Waals surface area contributed by atoms with Crippen molar-refractivity contribution in [1.29, 1.82) is 0 Å². The van der Waals surface area contributed by atoms with Gasteiger partial charge < -0.3 is 14.8 Å². The van der Waals surface area contributed by atoms with Gasteiger partial charge in [0.2, 0.25) is 16.8 Å². The third kappa shape index (κ3) is 4.99. The highest BCUT2D eigenvalue weighted by Crippen LogP contribution is 2.32. The summed E-state index contributed by atoms with van der Waals surface area (Å²) in [6, 6.07) is 12.6. The van der Waals surface area contributed by atoms with E-state index in [1.165, 1.54) is 4.31 Å². The maximum absolute atomic E-state index is 12.2. The molecule has 3 rings (SSSR count). The van der Waals surface area contributed by atoms with Gasteiger partial charge in [-0.3, -0.25) is 4.79 Å². The highest BCUT2D eigenvalue weighted by atomic mass is 32.2. The minimum absolute atomic E-state index is 0.166. The molecule has 8 heteroatoms. The summed E-state index contributed by atoms with van der Waals surface area (Å²) in [7, 11) is -3.44. The van der Waals surface area contributed by atoms with Crippen molar-refractivity contribution in [2.75, 3.05) is 26.1 Å². The number of nitrogens with one attached hydrogen (secondary N) is 1. The van der Waals surface area contributed by atoms with Crippen LogP contribution in [0.2, 0.25) is 0 Å². The van der Waals surface area contributed by atoms with Crippen LogP contribution in [0.15, 0.2) is 42.5 Å². The van der Waals surface area contributed by atoms with Gasteiger partial charge in [0.1, 0.15) is 0 Å². The molecule has 1 heterocycles. The Morgan fingerprint density at radius 3 is 2.67 bits per heavy atom. The molecule has 144 valence electrons. The zero-order valence-electron chi connectivity index (χ0n) is 15.3. The summed E-state index contributed by atoms with van der Waals surface area (Å²) < 4.78 is 36.2. The van der Waals surface area contributed by atoms with Gasteiger partial charge in [-0.2, -0.15) is 4.31 Å². The summed E-state index contributed by atoms with van der Waals surface area (Å²) in [4.78, 5) is 12.2. The van der Waals surface area contributed by atoms with Crippen molar-refractivity contribution in [3.05, 3.63) is 59.2 Å². The Kier molecular flexibility index (Phi) is 5.67. The average molecular weight is 390 g/mol. The summed E-state index contributed by atoms with van der Waals surface area (Å²) in [5.41, 5.74) is 2.33. The molecule has 27 heavy (non-hydrogen) atoms. The van der Waals surface area contributed by atoms with E-state index >= 15 is 0 Å². The predicted octanol–water partition coefficient (Wildman–Crippen LogP) is 1.92. The van der Waals surface area contributed by atoms with E-state index in [0.29, 0.717) is 17.1 Å². The molecule has 7 nitrogen and oxygen atoms in total. The molecule has 0 bridgehead atoms. The van der Waals surface area contributed by atoms with Crippen LogP contribution < -0.4 is 14.8 Å². The predicted molar refractivity (Wildman–Crippen MR) is 101 cm³/mol. The van der Waals surface area contributed by atoms with Crippen molar-refractivity contribution in [3.8, 4) is 11.5 Å². The number of carbonyl (C=O) groups is 1. The number of hydrogen-bond acceptors (Lipinski definition) is 5. The minimum Gasteiger partial charge on any atom is -0.454 e. The second-order valence-electron chi connectivity index (χ2n) is 6.41. The van der Waals surface area contributed by atoms with Crippen molar-refractivity contribution < 1.29 is 22.7 Å². The Morgan fingerprint density at radius 1 is 1.15 bits per heavy atom. The summed E-state index contributed by atoms with van der Waals surface area (Å²) in [6.45, 7) is 2.65. The first-order valence-electron chi connectivity index (χ1n) is 8.51. The lowest BCUT2D eigenvalue weighted by Crippen LogP contribution is -2.37. The summed E-state index contributed by atoms with van der Waals surface area (Å²) in [5, 5.41) is 2.77. The van der Waals surface area contributed by atoms with E-state index in [9.17, 15) is 13.2 Å². The highest BCUT2D eigenvalue weighted by Gasteiger charge is 2.20. The topological polar surface area (TPSA) is 84.9 Å². The average Bonchev–Trinajstić information content (AvgIpc) is 3.07. The van der Waals surface area contributed by atoms with Crippen molar-refractivity contribution in [2.45, 2.75) is 13.5 Å². The van der Waals surface area contributed by atoms with Gasteiger partial charge in [0.15, 0.2) is 11.5 Å². The number of ether oxygens (including phenoxy) is 2. The molecule has 1 amide bonds. The minimum atomic E-state index is -3.44. The molecule has 0 saturated heterocycles. The van der Waals surface area contributed by atoms with Crippen molar-refractivity contribution in [1.82, 2.24) is 9.62 Å². The second kappa shape index (κ2) is 7.98. The van der Waals surface area contributed by atoms with E-state index in [4.69, 9.17) is 9.47 Å². The third-order valence-electron chi connectivity index (χ3n) is 4.19. The van der Waals surface area contributed by atoms with E-state index in [1.807, 2.05) is 19.1 Å². The van der Waals surface area contributed by atoms with Crippen LogP contribution in [-0.2, 0) is 16.6 Å². The number of aryl methyl sites for hydroxylation is 1. The van der Waals surface area contributed by atoms with E-state index in [1.54, 1.807) is 30.3 Å². The number of amides is 1. The van der Waals surface area contributed by atoms with Crippen LogP contribution in [0, 0.1) is 6.92 Å². The first kappa shape index (κ1) is 19.2. The standard InChI is InChI=1S/C19H22N2O5S/c1-14-4-3-5-16(10-14)19(22)20-8-9-21(27(2,23)24)12-15-6-7-17-18(11-15)26-13-25-17/h3-7,10-11H,8-9,12-13H2,1-2H3,(H,20,22). The number of hydrogen-bond donors (Lipinski definition) is 1. The number of nitrogens with zero attached hydrogens (tertiary/aromatic N) is 1. The van der Waals surface area contributed by atoms with Crippen LogP contribution in [0.25, 0.3) is 0 Å². The SMILES string of the molecule is Cc1cccc(C(=O)NCCN(Cc2ccc3c(c2)OCO3)S(C)(=O)=O)c1. The van der Waals surface area contributed by atoms with Gasteiger partial charge in [0.05, 0.1) is 6.26 Å². The second-order valence-corrected chi connectivity index (χ2v) is 8.39. The van der Waals surface area contributed by atoms with Crippen LogP contribution in [0.4, 0.5) is 0 Å². The zero-order chi connectivity index (χ0) is 19.4. The maximum atomic E-state index is 12.2. The Balaban J connectivity index is 1.61. The molecule has 1 aliphatic heterocycles. The molecule has 1 aliphatic rings. The van der Waals surface area contributed by atoms with Gasteiger partial charge in [0, 0.05) is 25.2 Å². The molecule has 0 atom stereocenters. The first-order chi connectivity index (χ1) is 12.8. The molecule has 1 N–H and O–H groups in total. The number of fused-ring (bicyclic) bond motifs is 1. The smallest absolute Gasteiger partial charge is 0.251 e. The monoisotopic (exact) mass is 390 g/mol. The number of carbonyl (C=O) groups excluding carboxylic acids is 1. The first-order valence-corrected chi connectivity index (χ1v) is 10.4. The molecule has 0 unspecified atom stereocenters. The quantitative estimate of drug-likeness (QED) is 0.781. The van der Waals surface area contributed by atoms with Crippen LogP contribution in [0.1, 0.15) is 21.5 Å². The summed E-state index contributed by atoms with van der Waals surface area (Å²) in [5.74, 6) is 1.03. The zero-order valence-corrected chi connectivity index (χ0v) is 16.1. The van der Waals surface area contributed by atoms with E-state index < -0.39 is 10.0 Å². The highest BCUT2D eigenvalue weighted by molar-refractivity contribution is 7.88. The molecule has 0 fully saturated rings. The molecule has 2 aromatic carbocycles. The van der Waals surface area contributed by atoms with Gasteiger partial charge in [-0.15, -0.1) is 0 Å². The molecular weight excluding hydrogens is 368 g/mol. The Morgan fingerprint density at radius 2 is 1.93 bits per heavy atom. The number of rotatable bonds is 7. The van der Waals surface area contributed by atoms with Crippen LogP contribution >= 0.6 is 0 Å². The van der Waals surface area contributed by atoms with Gasteiger partial charge >= 0.3 is 0 Å². The Labute approximate surface area is 158 Å². The maximum Gasteiger partial charge on any atom is 0.251 e. The van der Waals surface area contributed by atoms with Gasteiger partial charge in [-0.05, 0) is 36.8 Å².